The number of nitrogens with zero attached hydrogens (tertiary/aromatic N) is 4. The second-order valence-corrected chi connectivity index (χ2v) is 12.0. The van der Waals surface area contributed by atoms with E-state index in [0.717, 1.165) is 44.3 Å². The van der Waals surface area contributed by atoms with Gasteiger partial charge in [-0.05, 0) is 35.4 Å². The first-order valence-corrected chi connectivity index (χ1v) is 15.3. The average molecular weight is 579 g/mol. The zero-order chi connectivity index (χ0) is 29.2. The van der Waals surface area contributed by atoms with Crippen LogP contribution in [0.25, 0.3) is 86.1 Å². The number of para-hydroxylation sites is 2. The molecule has 4 nitrogen and oxygen atoms in total. The molecule has 0 saturated heterocycles. The summed E-state index contributed by atoms with van der Waals surface area (Å²) in [6.07, 6.45) is 0. The van der Waals surface area contributed by atoms with Crippen LogP contribution < -0.4 is 0 Å². The summed E-state index contributed by atoms with van der Waals surface area (Å²) in [5, 5.41) is 5.91. The van der Waals surface area contributed by atoms with Crippen molar-refractivity contribution < 1.29 is 0 Å². The highest BCUT2D eigenvalue weighted by atomic mass is 32.1. The predicted molar refractivity (Wildman–Crippen MR) is 184 cm³/mol. The average Bonchev–Trinajstić information content (AvgIpc) is 3.64. The molecular weight excluding hydrogens is 557 g/mol. The molecule has 3 aromatic heterocycles. The van der Waals surface area contributed by atoms with Crippen LogP contribution in [0.4, 0.5) is 5.69 Å². The van der Waals surface area contributed by atoms with Crippen molar-refractivity contribution in [3.8, 4) is 28.3 Å². The zero-order valence-corrected chi connectivity index (χ0v) is 24.2. The molecule has 6 aromatic carbocycles. The summed E-state index contributed by atoms with van der Waals surface area (Å²) < 4.78 is 4.76. The maximum Gasteiger partial charge on any atom is 0.235 e. The number of thiophene rings is 1. The van der Waals surface area contributed by atoms with Crippen molar-refractivity contribution in [3.63, 3.8) is 0 Å². The Morgan fingerprint density at radius 1 is 0.568 bits per heavy atom. The maximum atomic E-state index is 7.39. The van der Waals surface area contributed by atoms with E-state index >= 15 is 0 Å². The molecule has 0 aliphatic rings. The molecule has 0 fully saturated rings. The van der Waals surface area contributed by atoms with Crippen LogP contribution in [0.2, 0.25) is 0 Å². The Kier molecular flexibility index (Phi) is 5.40. The van der Waals surface area contributed by atoms with Gasteiger partial charge in [0.15, 0.2) is 5.69 Å². The Morgan fingerprint density at radius 2 is 1.30 bits per heavy atom. The summed E-state index contributed by atoms with van der Waals surface area (Å²) in [5.74, 6) is 0.656. The van der Waals surface area contributed by atoms with Crippen molar-refractivity contribution in [2.24, 2.45) is 0 Å². The van der Waals surface area contributed by atoms with Crippen LogP contribution in [0.5, 0.6) is 0 Å². The van der Waals surface area contributed by atoms with E-state index in [4.69, 9.17) is 16.5 Å². The summed E-state index contributed by atoms with van der Waals surface area (Å²) in [7, 11) is 0. The number of benzene rings is 6. The molecule has 0 bridgehead atoms. The van der Waals surface area contributed by atoms with Crippen molar-refractivity contribution in [2.75, 3.05) is 0 Å². The summed E-state index contributed by atoms with van der Waals surface area (Å²) in [6.45, 7) is 7.39. The minimum Gasteiger partial charge on any atom is -0.276 e. The Hall–Kier alpha value is -5.83. The quantitative estimate of drug-likeness (QED) is 0.196. The van der Waals surface area contributed by atoms with Gasteiger partial charge in [0, 0.05) is 37.2 Å². The first kappa shape index (κ1) is 24.7. The highest BCUT2D eigenvalue weighted by Gasteiger charge is 2.20. The van der Waals surface area contributed by atoms with Crippen LogP contribution in [0.3, 0.4) is 0 Å². The second kappa shape index (κ2) is 9.60. The molecule has 0 aliphatic carbocycles. The van der Waals surface area contributed by atoms with E-state index in [0.29, 0.717) is 11.6 Å². The van der Waals surface area contributed by atoms with Gasteiger partial charge < -0.3 is 0 Å². The van der Waals surface area contributed by atoms with Crippen LogP contribution in [-0.2, 0) is 0 Å². The molecule has 0 spiro atoms. The molecule has 0 N–H and O–H groups in total. The summed E-state index contributed by atoms with van der Waals surface area (Å²) >= 11 is 1.83. The molecule has 0 unspecified atom stereocenters. The largest absolute Gasteiger partial charge is 0.276 e. The lowest BCUT2D eigenvalue weighted by Gasteiger charge is -2.12. The van der Waals surface area contributed by atoms with Crippen LogP contribution in [-0.4, -0.2) is 14.5 Å². The number of rotatable bonds is 3. The van der Waals surface area contributed by atoms with Gasteiger partial charge >= 0.3 is 0 Å². The van der Waals surface area contributed by atoms with E-state index in [1.54, 1.807) is 0 Å². The van der Waals surface area contributed by atoms with E-state index in [9.17, 15) is 0 Å². The third-order valence-corrected chi connectivity index (χ3v) is 9.63. The van der Waals surface area contributed by atoms with Gasteiger partial charge in [0.1, 0.15) is 0 Å². The van der Waals surface area contributed by atoms with Crippen molar-refractivity contribution in [1.29, 1.82) is 0 Å². The van der Waals surface area contributed by atoms with E-state index < -0.39 is 0 Å². The van der Waals surface area contributed by atoms with Crippen molar-refractivity contribution >= 4 is 69.9 Å². The van der Waals surface area contributed by atoms with Crippen molar-refractivity contribution in [3.05, 3.63) is 145 Å². The highest BCUT2D eigenvalue weighted by Crippen LogP contribution is 2.43. The molecule has 0 atom stereocenters. The van der Waals surface area contributed by atoms with Crippen LogP contribution in [0.15, 0.2) is 133 Å². The SMILES string of the molecule is [C-]#[N+]c1cccc(-c2ccc(-c3nc(-n4c5ccccc5c5ccc6c7ccccc7sc6c54)nc4ccccc34)cc2)c1. The molecule has 44 heavy (non-hydrogen) atoms. The number of fused-ring (bicyclic) bond motifs is 8. The van der Waals surface area contributed by atoms with E-state index in [1.807, 2.05) is 47.7 Å². The van der Waals surface area contributed by atoms with Crippen molar-refractivity contribution in [2.45, 2.75) is 0 Å². The molecule has 3 heterocycles. The van der Waals surface area contributed by atoms with Crippen molar-refractivity contribution in [1.82, 2.24) is 14.5 Å². The topological polar surface area (TPSA) is 35.1 Å². The fourth-order valence-electron chi connectivity index (χ4n) is 6.40. The molecular formula is C39H22N4S. The molecule has 5 heteroatoms. The smallest absolute Gasteiger partial charge is 0.235 e. The normalized spacial score (nSPS) is 11.6. The Bertz CT molecular complexity index is 2620. The third kappa shape index (κ3) is 3.69. The summed E-state index contributed by atoms with van der Waals surface area (Å²) in [6, 6.07) is 46.1. The Morgan fingerprint density at radius 3 is 2.16 bits per heavy atom. The van der Waals surface area contributed by atoms with E-state index in [-0.39, 0.29) is 0 Å². The van der Waals surface area contributed by atoms with Gasteiger partial charge in [0.2, 0.25) is 5.95 Å². The Labute approximate surface area is 256 Å². The van der Waals surface area contributed by atoms with E-state index in [2.05, 4.69) is 106 Å². The number of aromatic nitrogens is 3. The molecule has 0 saturated carbocycles. The number of hydrogen-bond acceptors (Lipinski definition) is 3. The first-order valence-electron chi connectivity index (χ1n) is 14.5. The highest BCUT2D eigenvalue weighted by molar-refractivity contribution is 7.26. The lowest BCUT2D eigenvalue weighted by molar-refractivity contribution is 1.02. The van der Waals surface area contributed by atoms with E-state index in [1.165, 1.54) is 30.9 Å². The van der Waals surface area contributed by atoms with Gasteiger partial charge in [-0.3, -0.25) is 4.57 Å². The second-order valence-electron chi connectivity index (χ2n) is 10.9. The van der Waals surface area contributed by atoms with Gasteiger partial charge in [-0.1, -0.05) is 109 Å². The number of hydrogen-bond donors (Lipinski definition) is 0. The first-order chi connectivity index (χ1) is 21.8. The van der Waals surface area contributed by atoms with Gasteiger partial charge in [0.05, 0.1) is 33.5 Å². The standard InChI is InChI=1S/C39H22N4S/c1-40-27-10-8-9-26(23-27)24-17-19-25(20-18-24)36-32-13-2-5-14-33(32)41-39(42-36)43-34-15-6-3-11-28(34)30-21-22-31-29-12-4-7-16-35(29)44-38(31)37(30)43/h2-23H. The monoisotopic (exact) mass is 578 g/mol. The van der Waals surface area contributed by atoms with Crippen LogP contribution >= 0.6 is 11.3 Å². The van der Waals surface area contributed by atoms with Gasteiger partial charge in [-0.15, -0.1) is 11.3 Å². The van der Waals surface area contributed by atoms with Gasteiger partial charge in [0.25, 0.3) is 0 Å². The van der Waals surface area contributed by atoms with Gasteiger partial charge in [-0.25, -0.2) is 14.8 Å². The Balaban J connectivity index is 1.32. The van der Waals surface area contributed by atoms with Crippen LogP contribution in [0, 0.1) is 6.57 Å². The maximum absolute atomic E-state index is 7.39. The fraction of sp³-hybridized carbons (Fsp3) is 0. The lowest BCUT2D eigenvalue weighted by atomic mass is 10.0. The molecule has 0 radical (unpaired) electrons. The van der Waals surface area contributed by atoms with Gasteiger partial charge in [-0.2, -0.15) is 0 Å². The zero-order valence-electron chi connectivity index (χ0n) is 23.4. The molecule has 9 aromatic rings. The predicted octanol–water partition coefficient (Wildman–Crippen LogP) is 11.0. The third-order valence-electron chi connectivity index (χ3n) is 8.44. The molecule has 0 amide bonds. The fourth-order valence-corrected chi connectivity index (χ4v) is 7.64. The summed E-state index contributed by atoms with van der Waals surface area (Å²) in [5.41, 5.74) is 7.75. The molecule has 204 valence electrons. The minimum absolute atomic E-state index is 0.636. The van der Waals surface area contributed by atoms with Crippen LogP contribution in [0.1, 0.15) is 0 Å². The lowest BCUT2D eigenvalue weighted by Crippen LogP contribution is -2.03. The molecule has 9 rings (SSSR count). The minimum atomic E-state index is 0.636. The molecule has 0 aliphatic heterocycles. The summed E-state index contributed by atoms with van der Waals surface area (Å²) in [4.78, 5) is 14.1.